The number of hydrogen-bond acceptors (Lipinski definition) is 4. The number of H-pyrrole nitrogens is 1. The van der Waals surface area contributed by atoms with Crippen LogP contribution in [-0.4, -0.2) is 50.3 Å². The number of aliphatic carboxylic acids is 1. The summed E-state index contributed by atoms with van der Waals surface area (Å²) in [5, 5.41) is 17.4. The number of nitrogens with zero attached hydrogens (tertiary/aromatic N) is 3. The minimum atomic E-state index is -1.06. The van der Waals surface area contributed by atoms with Crippen LogP contribution in [0.1, 0.15) is 12.7 Å². The number of amides is 2. The van der Waals surface area contributed by atoms with Crippen molar-refractivity contribution in [3.05, 3.63) is 12.2 Å². The van der Waals surface area contributed by atoms with Crippen LogP contribution in [0.3, 0.4) is 0 Å². The van der Waals surface area contributed by atoms with Crippen molar-refractivity contribution >= 4 is 12.0 Å². The van der Waals surface area contributed by atoms with Crippen molar-refractivity contribution < 1.29 is 14.7 Å². The molecule has 1 rings (SSSR count). The second kappa shape index (κ2) is 5.10. The van der Waals surface area contributed by atoms with Crippen LogP contribution in [-0.2, 0) is 11.3 Å². The fraction of sp³-hybridized carbons (Fsp3) is 0.500. The van der Waals surface area contributed by atoms with Crippen LogP contribution in [0.25, 0.3) is 0 Å². The zero-order chi connectivity index (χ0) is 12.1. The number of carboxylic acid groups (broad SMARTS) is 1. The van der Waals surface area contributed by atoms with Gasteiger partial charge in [0.1, 0.15) is 18.2 Å². The number of aromatic nitrogens is 3. The molecule has 1 unspecified atom stereocenters. The first kappa shape index (κ1) is 12.0. The van der Waals surface area contributed by atoms with Gasteiger partial charge in [0.25, 0.3) is 0 Å². The number of rotatable bonds is 4. The average molecular weight is 227 g/mol. The lowest BCUT2D eigenvalue weighted by atomic mass is 10.3. The molecule has 0 aliphatic rings. The molecule has 8 nitrogen and oxygen atoms in total. The predicted octanol–water partition coefficient (Wildman–Crippen LogP) is -0.581. The van der Waals surface area contributed by atoms with Gasteiger partial charge in [0.05, 0.1) is 6.54 Å². The van der Waals surface area contributed by atoms with Gasteiger partial charge in [0.2, 0.25) is 0 Å². The molecule has 3 N–H and O–H groups in total. The van der Waals surface area contributed by atoms with Crippen LogP contribution < -0.4 is 5.32 Å². The van der Waals surface area contributed by atoms with Gasteiger partial charge in [-0.15, -0.1) is 0 Å². The van der Waals surface area contributed by atoms with Crippen molar-refractivity contribution in [2.24, 2.45) is 0 Å². The SMILES string of the molecule is CC(C(=O)O)N(C)C(=O)NCc1ncn[nH]1. The zero-order valence-corrected chi connectivity index (χ0v) is 8.97. The highest BCUT2D eigenvalue weighted by Gasteiger charge is 2.21. The van der Waals surface area contributed by atoms with E-state index in [1.807, 2.05) is 0 Å². The van der Waals surface area contributed by atoms with Crippen LogP contribution in [0.2, 0.25) is 0 Å². The highest BCUT2D eigenvalue weighted by Crippen LogP contribution is 1.96. The number of hydrogen-bond donors (Lipinski definition) is 3. The maximum atomic E-state index is 11.5. The van der Waals surface area contributed by atoms with E-state index in [4.69, 9.17) is 5.11 Å². The molecule has 0 aliphatic carbocycles. The highest BCUT2D eigenvalue weighted by atomic mass is 16.4. The van der Waals surface area contributed by atoms with Crippen molar-refractivity contribution in [1.82, 2.24) is 25.4 Å². The Hall–Kier alpha value is -2.12. The summed E-state index contributed by atoms with van der Waals surface area (Å²) in [5.41, 5.74) is 0. The largest absolute Gasteiger partial charge is 0.480 e. The molecule has 1 aromatic rings. The van der Waals surface area contributed by atoms with E-state index in [2.05, 4.69) is 20.5 Å². The molecule has 0 fully saturated rings. The molecule has 1 aromatic heterocycles. The molecule has 0 bridgehead atoms. The Balaban J connectivity index is 2.43. The number of carbonyl (C=O) groups is 2. The van der Waals surface area contributed by atoms with Gasteiger partial charge in [-0.3, -0.25) is 5.10 Å². The second-order valence-electron chi connectivity index (χ2n) is 3.22. The highest BCUT2D eigenvalue weighted by molar-refractivity contribution is 5.81. The van der Waals surface area contributed by atoms with Gasteiger partial charge in [0.15, 0.2) is 0 Å². The molecule has 0 radical (unpaired) electrons. The molecule has 2 amide bonds. The zero-order valence-electron chi connectivity index (χ0n) is 8.97. The summed E-state index contributed by atoms with van der Waals surface area (Å²) in [7, 11) is 1.41. The summed E-state index contributed by atoms with van der Waals surface area (Å²) in [5.74, 6) is -0.554. The van der Waals surface area contributed by atoms with Crippen LogP contribution in [0.15, 0.2) is 6.33 Å². The van der Waals surface area contributed by atoms with Crippen molar-refractivity contribution in [3.8, 4) is 0 Å². The van der Waals surface area contributed by atoms with E-state index in [1.165, 1.54) is 20.3 Å². The van der Waals surface area contributed by atoms with Gasteiger partial charge in [-0.1, -0.05) is 0 Å². The predicted molar refractivity (Wildman–Crippen MR) is 53.5 cm³/mol. The first-order valence-electron chi connectivity index (χ1n) is 4.60. The van der Waals surface area contributed by atoms with Crippen molar-refractivity contribution in [2.75, 3.05) is 7.05 Å². The third-order valence-electron chi connectivity index (χ3n) is 2.13. The molecule has 1 heterocycles. The lowest BCUT2D eigenvalue weighted by Crippen LogP contribution is -2.45. The molecule has 0 spiro atoms. The Labute approximate surface area is 91.7 Å². The Morgan fingerprint density at radius 2 is 2.38 bits per heavy atom. The Morgan fingerprint density at radius 1 is 1.69 bits per heavy atom. The minimum absolute atomic E-state index is 0.176. The van der Waals surface area contributed by atoms with Crippen molar-refractivity contribution in [3.63, 3.8) is 0 Å². The summed E-state index contributed by atoms with van der Waals surface area (Å²) >= 11 is 0. The summed E-state index contributed by atoms with van der Waals surface area (Å²) in [6.45, 7) is 1.60. The number of nitrogens with one attached hydrogen (secondary N) is 2. The standard InChI is InChI=1S/C8H13N5O3/c1-5(7(14)15)13(2)8(16)9-3-6-10-4-11-12-6/h4-5H,3H2,1-2H3,(H,9,16)(H,14,15)(H,10,11,12). The van der Waals surface area contributed by atoms with Gasteiger partial charge < -0.3 is 15.3 Å². The van der Waals surface area contributed by atoms with E-state index < -0.39 is 18.0 Å². The molecule has 0 aromatic carbocycles. The summed E-state index contributed by atoms with van der Waals surface area (Å²) in [6.07, 6.45) is 1.32. The minimum Gasteiger partial charge on any atom is -0.480 e. The lowest BCUT2D eigenvalue weighted by molar-refractivity contribution is -0.141. The molecule has 0 saturated carbocycles. The summed E-state index contributed by atoms with van der Waals surface area (Å²) in [4.78, 5) is 27.0. The van der Waals surface area contributed by atoms with E-state index >= 15 is 0 Å². The van der Waals surface area contributed by atoms with Gasteiger partial charge in [-0.05, 0) is 6.92 Å². The van der Waals surface area contributed by atoms with Crippen LogP contribution >= 0.6 is 0 Å². The van der Waals surface area contributed by atoms with Crippen LogP contribution in [0.5, 0.6) is 0 Å². The maximum Gasteiger partial charge on any atom is 0.326 e. The van der Waals surface area contributed by atoms with E-state index in [0.717, 1.165) is 4.90 Å². The molecule has 88 valence electrons. The first-order chi connectivity index (χ1) is 7.52. The van der Waals surface area contributed by atoms with Gasteiger partial charge in [-0.2, -0.15) is 5.10 Å². The Bertz CT molecular complexity index is 364. The first-order valence-corrected chi connectivity index (χ1v) is 4.60. The lowest BCUT2D eigenvalue weighted by Gasteiger charge is -2.21. The summed E-state index contributed by atoms with van der Waals surface area (Å²) < 4.78 is 0. The molecule has 0 saturated heterocycles. The molecule has 8 heteroatoms. The molecular formula is C8H13N5O3. The fourth-order valence-electron chi connectivity index (χ4n) is 0.942. The normalized spacial score (nSPS) is 11.9. The number of aromatic amines is 1. The molecular weight excluding hydrogens is 214 g/mol. The van der Waals surface area contributed by atoms with Crippen molar-refractivity contribution in [1.29, 1.82) is 0 Å². The second-order valence-corrected chi connectivity index (χ2v) is 3.22. The van der Waals surface area contributed by atoms with E-state index in [-0.39, 0.29) is 6.54 Å². The van der Waals surface area contributed by atoms with Gasteiger partial charge in [0, 0.05) is 7.05 Å². The monoisotopic (exact) mass is 227 g/mol. The quantitative estimate of drug-likeness (QED) is 0.637. The number of carbonyl (C=O) groups excluding carboxylic acids is 1. The molecule has 0 aliphatic heterocycles. The van der Waals surface area contributed by atoms with Gasteiger partial charge >= 0.3 is 12.0 Å². The summed E-state index contributed by atoms with van der Waals surface area (Å²) in [6, 6.07) is -1.36. The Morgan fingerprint density at radius 3 is 2.88 bits per heavy atom. The molecule has 1 atom stereocenters. The number of urea groups is 1. The van der Waals surface area contributed by atoms with E-state index in [0.29, 0.717) is 5.82 Å². The topological polar surface area (TPSA) is 111 Å². The third-order valence-corrected chi connectivity index (χ3v) is 2.13. The third kappa shape index (κ3) is 2.94. The Kier molecular flexibility index (Phi) is 3.81. The van der Waals surface area contributed by atoms with Crippen LogP contribution in [0, 0.1) is 0 Å². The van der Waals surface area contributed by atoms with E-state index in [9.17, 15) is 9.59 Å². The smallest absolute Gasteiger partial charge is 0.326 e. The average Bonchev–Trinajstić information content (AvgIpc) is 2.76. The number of carboxylic acids is 1. The van der Waals surface area contributed by atoms with E-state index in [1.54, 1.807) is 0 Å². The van der Waals surface area contributed by atoms with Crippen molar-refractivity contribution in [2.45, 2.75) is 19.5 Å². The van der Waals surface area contributed by atoms with Gasteiger partial charge in [-0.25, -0.2) is 14.6 Å². The molecule has 16 heavy (non-hydrogen) atoms. The number of likely N-dealkylation sites (N-methyl/N-ethyl adjacent to an activating group) is 1. The fourth-order valence-corrected chi connectivity index (χ4v) is 0.942. The maximum absolute atomic E-state index is 11.5. The van der Waals surface area contributed by atoms with Crippen LogP contribution in [0.4, 0.5) is 4.79 Å².